The van der Waals surface area contributed by atoms with Crippen molar-refractivity contribution in [2.75, 3.05) is 33.9 Å². The average molecular weight is 389 g/mol. The summed E-state index contributed by atoms with van der Waals surface area (Å²) < 4.78 is 11.3. The Labute approximate surface area is 167 Å². The molecule has 0 aliphatic carbocycles. The Hall–Kier alpha value is -2.08. The van der Waals surface area contributed by atoms with Crippen LogP contribution >= 0.6 is 0 Å². The van der Waals surface area contributed by atoms with E-state index in [-0.39, 0.29) is 17.4 Å². The number of benzene rings is 1. The van der Waals surface area contributed by atoms with Crippen LogP contribution in [0.3, 0.4) is 0 Å². The van der Waals surface area contributed by atoms with E-state index in [4.69, 9.17) is 9.47 Å². The van der Waals surface area contributed by atoms with Gasteiger partial charge in [0.25, 0.3) is 0 Å². The molecule has 2 heterocycles. The van der Waals surface area contributed by atoms with E-state index in [1.54, 1.807) is 14.2 Å². The van der Waals surface area contributed by atoms with Crippen LogP contribution in [0.2, 0.25) is 0 Å². The molecule has 2 aliphatic heterocycles. The first kappa shape index (κ1) is 20.6. The molecule has 6 heteroatoms. The van der Waals surface area contributed by atoms with E-state index in [0.29, 0.717) is 25.4 Å². The lowest BCUT2D eigenvalue weighted by molar-refractivity contribution is -0.148. The fourth-order valence-corrected chi connectivity index (χ4v) is 4.38. The topological polar surface area (TPSA) is 67.9 Å². The number of piperidine rings is 1. The number of ether oxygens (including phenoxy) is 2. The van der Waals surface area contributed by atoms with Crippen LogP contribution in [0.5, 0.6) is 5.75 Å². The Morgan fingerprint density at radius 1 is 1.25 bits per heavy atom. The van der Waals surface area contributed by atoms with Gasteiger partial charge in [0.1, 0.15) is 5.75 Å². The molecule has 0 aromatic heterocycles. The molecule has 1 atom stereocenters. The summed E-state index contributed by atoms with van der Waals surface area (Å²) >= 11 is 0. The highest BCUT2D eigenvalue weighted by molar-refractivity contribution is 5.76. The number of likely N-dealkylation sites (tertiary alicyclic amines) is 1. The van der Waals surface area contributed by atoms with Crippen molar-refractivity contribution in [3.8, 4) is 5.75 Å². The van der Waals surface area contributed by atoms with Gasteiger partial charge < -0.3 is 19.7 Å². The number of nitrogens with one attached hydrogen (secondary N) is 1. The summed E-state index contributed by atoms with van der Waals surface area (Å²) in [5.74, 6) is 1.53. The standard InChI is InChI=1S/C22H32N2O4/c1-23-20(25)15-18-9-14-28-22(16-18)10-12-24(13-11-22)21(26)8-5-17-3-6-19(27-2)7-4-17/h3-4,6-7,18H,5,8-16H2,1-2H3,(H,23,25). The van der Waals surface area contributed by atoms with Gasteiger partial charge in [-0.05, 0) is 55.7 Å². The van der Waals surface area contributed by atoms with Crippen LogP contribution in [0.1, 0.15) is 44.1 Å². The molecule has 2 fully saturated rings. The molecule has 1 aromatic carbocycles. The predicted molar refractivity (Wildman–Crippen MR) is 107 cm³/mol. The molecular weight excluding hydrogens is 356 g/mol. The molecule has 0 saturated carbocycles. The van der Waals surface area contributed by atoms with Crippen molar-refractivity contribution < 1.29 is 19.1 Å². The zero-order valence-corrected chi connectivity index (χ0v) is 17.0. The van der Waals surface area contributed by atoms with Crippen molar-refractivity contribution in [3.63, 3.8) is 0 Å². The minimum absolute atomic E-state index is 0.105. The van der Waals surface area contributed by atoms with Gasteiger partial charge in [-0.15, -0.1) is 0 Å². The highest BCUT2D eigenvalue weighted by Crippen LogP contribution is 2.38. The van der Waals surface area contributed by atoms with Gasteiger partial charge in [-0.25, -0.2) is 0 Å². The fourth-order valence-electron chi connectivity index (χ4n) is 4.38. The summed E-state index contributed by atoms with van der Waals surface area (Å²) in [6.45, 7) is 2.20. The molecule has 0 radical (unpaired) electrons. The maximum atomic E-state index is 12.6. The molecule has 0 bridgehead atoms. The number of carbonyl (C=O) groups is 2. The Morgan fingerprint density at radius 3 is 2.61 bits per heavy atom. The molecule has 1 spiro atoms. The number of hydrogen-bond donors (Lipinski definition) is 1. The molecule has 154 valence electrons. The van der Waals surface area contributed by atoms with E-state index in [1.807, 2.05) is 29.2 Å². The third-order valence-corrected chi connectivity index (χ3v) is 6.16. The molecular formula is C22H32N2O4. The summed E-state index contributed by atoms with van der Waals surface area (Å²) in [4.78, 5) is 26.3. The van der Waals surface area contributed by atoms with E-state index in [0.717, 1.165) is 56.5 Å². The molecule has 1 aromatic rings. The van der Waals surface area contributed by atoms with Gasteiger partial charge in [0.2, 0.25) is 11.8 Å². The zero-order chi connectivity index (χ0) is 20.0. The molecule has 6 nitrogen and oxygen atoms in total. The lowest BCUT2D eigenvalue weighted by Crippen LogP contribution is -2.51. The third-order valence-electron chi connectivity index (χ3n) is 6.16. The number of methoxy groups -OCH3 is 1. The second-order valence-electron chi connectivity index (χ2n) is 8.00. The van der Waals surface area contributed by atoms with Crippen LogP contribution < -0.4 is 10.1 Å². The first-order valence-corrected chi connectivity index (χ1v) is 10.3. The maximum Gasteiger partial charge on any atom is 0.222 e. The maximum absolute atomic E-state index is 12.6. The van der Waals surface area contributed by atoms with Gasteiger partial charge in [-0.2, -0.15) is 0 Å². The summed E-state index contributed by atoms with van der Waals surface area (Å²) in [6.07, 6.45) is 5.45. The van der Waals surface area contributed by atoms with E-state index >= 15 is 0 Å². The van der Waals surface area contributed by atoms with Crippen molar-refractivity contribution in [3.05, 3.63) is 29.8 Å². The number of carbonyl (C=O) groups excluding carboxylic acids is 2. The third kappa shape index (κ3) is 5.25. The number of rotatable bonds is 6. The Kier molecular flexibility index (Phi) is 6.94. The number of aryl methyl sites for hydroxylation is 1. The highest BCUT2D eigenvalue weighted by Gasteiger charge is 2.41. The Bertz CT molecular complexity index is 666. The van der Waals surface area contributed by atoms with E-state index < -0.39 is 0 Å². The van der Waals surface area contributed by atoms with Crippen molar-refractivity contribution in [2.24, 2.45) is 5.92 Å². The average Bonchev–Trinajstić information content (AvgIpc) is 2.73. The summed E-state index contributed by atoms with van der Waals surface area (Å²) in [5.41, 5.74) is 0.999. The number of nitrogens with zero attached hydrogens (tertiary/aromatic N) is 1. The van der Waals surface area contributed by atoms with Gasteiger partial charge in [0.05, 0.1) is 12.7 Å². The fraction of sp³-hybridized carbons (Fsp3) is 0.636. The number of hydrogen-bond acceptors (Lipinski definition) is 4. The lowest BCUT2D eigenvalue weighted by atomic mass is 9.78. The van der Waals surface area contributed by atoms with Crippen LogP contribution in [0.4, 0.5) is 0 Å². The summed E-state index contributed by atoms with van der Waals surface area (Å²) in [6, 6.07) is 7.89. The monoisotopic (exact) mass is 388 g/mol. The smallest absolute Gasteiger partial charge is 0.222 e. The van der Waals surface area contributed by atoms with Gasteiger partial charge in [-0.1, -0.05) is 12.1 Å². The van der Waals surface area contributed by atoms with Crippen LogP contribution in [-0.4, -0.2) is 56.2 Å². The molecule has 1 unspecified atom stereocenters. The summed E-state index contributed by atoms with van der Waals surface area (Å²) in [7, 11) is 3.34. The van der Waals surface area contributed by atoms with Crippen molar-refractivity contribution in [1.82, 2.24) is 10.2 Å². The van der Waals surface area contributed by atoms with Crippen LogP contribution in [0.25, 0.3) is 0 Å². The van der Waals surface area contributed by atoms with E-state index in [9.17, 15) is 9.59 Å². The normalized spacial score (nSPS) is 21.4. The van der Waals surface area contributed by atoms with Crippen molar-refractivity contribution in [2.45, 2.75) is 50.5 Å². The predicted octanol–water partition coefficient (Wildman–Crippen LogP) is 2.55. The molecule has 2 saturated heterocycles. The van der Waals surface area contributed by atoms with Gasteiger partial charge >= 0.3 is 0 Å². The van der Waals surface area contributed by atoms with E-state index in [2.05, 4.69) is 5.32 Å². The quantitative estimate of drug-likeness (QED) is 0.813. The molecule has 1 N–H and O–H groups in total. The van der Waals surface area contributed by atoms with Crippen LogP contribution in [0, 0.1) is 5.92 Å². The second kappa shape index (κ2) is 9.41. The second-order valence-corrected chi connectivity index (χ2v) is 8.00. The van der Waals surface area contributed by atoms with Gasteiger partial charge in [0, 0.05) is 39.6 Å². The number of amides is 2. The van der Waals surface area contributed by atoms with Crippen LogP contribution in [-0.2, 0) is 20.7 Å². The molecule has 2 aliphatic rings. The largest absolute Gasteiger partial charge is 0.497 e. The minimum atomic E-state index is -0.149. The van der Waals surface area contributed by atoms with Gasteiger partial charge in [0.15, 0.2) is 0 Å². The van der Waals surface area contributed by atoms with Crippen LogP contribution in [0.15, 0.2) is 24.3 Å². The van der Waals surface area contributed by atoms with Crippen molar-refractivity contribution >= 4 is 11.8 Å². The van der Waals surface area contributed by atoms with Gasteiger partial charge in [-0.3, -0.25) is 9.59 Å². The Morgan fingerprint density at radius 2 is 1.96 bits per heavy atom. The van der Waals surface area contributed by atoms with E-state index in [1.165, 1.54) is 0 Å². The highest BCUT2D eigenvalue weighted by atomic mass is 16.5. The minimum Gasteiger partial charge on any atom is -0.497 e. The first-order valence-electron chi connectivity index (χ1n) is 10.3. The zero-order valence-electron chi connectivity index (χ0n) is 17.0. The first-order chi connectivity index (χ1) is 13.5. The Balaban J connectivity index is 1.46. The molecule has 3 rings (SSSR count). The molecule has 2 amide bonds. The molecule has 28 heavy (non-hydrogen) atoms. The lowest BCUT2D eigenvalue weighted by Gasteiger charge is -2.46. The van der Waals surface area contributed by atoms with Crippen molar-refractivity contribution in [1.29, 1.82) is 0 Å². The summed E-state index contributed by atoms with van der Waals surface area (Å²) in [5, 5.41) is 2.72. The SMILES string of the molecule is CNC(=O)CC1CCOC2(CCN(C(=O)CCc3ccc(OC)cc3)CC2)C1.